The molecule has 0 saturated carbocycles. The van der Waals surface area contributed by atoms with Crippen LogP contribution in [0.3, 0.4) is 0 Å². The van der Waals surface area contributed by atoms with Crippen molar-refractivity contribution in [3.63, 3.8) is 0 Å². The molecule has 1 amide bonds. The molecular weight excluding hydrogens is 399 g/mol. The standard InChI is InChI=1S/C19H19FN4O2S2/c1-24(11-13-3-5-14(20)6-4-13)17(25)12-27-19-23-22-18(28-19)21-15-7-9-16(26-2)10-8-15/h3-10H,11-12H2,1-2H3,(H,21,22). The number of methoxy groups -OCH3 is 1. The van der Waals surface area contributed by atoms with Gasteiger partial charge in [-0.05, 0) is 42.0 Å². The van der Waals surface area contributed by atoms with Gasteiger partial charge in [0.1, 0.15) is 11.6 Å². The van der Waals surface area contributed by atoms with Gasteiger partial charge in [-0.1, -0.05) is 35.2 Å². The van der Waals surface area contributed by atoms with Gasteiger partial charge in [0.2, 0.25) is 11.0 Å². The summed E-state index contributed by atoms with van der Waals surface area (Å²) in [6.45, 7) is 0.431. The molecule has 0 aliphatic carbocycles. The molecule has 0 radical (unpaired) electrons. The van der Waals surface area contributed by atoms with E-state index >= 15 is 0 Å². The van der Waals surface area contributed by atoms with Crippen molar-refractivity contribution in [2.45, 2.75) is 10.9 Å². The minimum atomic E-state index is -0.288. The summed E-state index contributed by atoms with van der Waals surface area (Å²) in [6, 6.07) is 13.6. The first-order valence-electron chi connectivity index (χ1n) is 8.39. The predicted octanol–water partition coefficient (Wildman–Crippen LogP) is 4.18. The Hall–Kier alpha value is -2.65. The monoisotopic (exact) mass is 418 g/mol. The molecule has 9 heteroatoms. The first-order chi connectivity index (χ1) is 13.5. The van der Waals surface area contributed by atoms with Crippen LogP contribution in [-0.4, -0.2) is 40.9 Å². The molecule has 1 N–H and O–H groups in total. The van der Waals surface area contributed by atoms with Crippen LogP contribution in [-0.2, 0) is 11.3 Å². The number of amides is 1. The Balaban J connectivity index is 1.48. The Labute approximate surface area is 170 Å². The molecule has 1 heterocycles. The summed E-state index contributed by atoms with van der Waals surface area (Å²) in [5, 5.41) is 12.0. The van der Waals surface area contributed by atoms with Gasteiger partial charge >= 0.3 is 0 Å². The van der Waals surface area contributed by atoms with E-state index in [0.717, 1.165) is 17.0 Å². The number of nitrogens with one attached hydrogen (secondary N) is 1. The van der Waals surface area contributed by atoms with Gasteiger partial charge in [0, 0.05) is 19.3 Å². The number of rotatable bonds is 8. The van der Waals surface area contributed by atoms with Crippen molar-refractivity contribution in [1.29, 1.82) is 0 Å². The molecule has 3 rings (SSSR count). The summed E-state index contributed by atoms with van der Waals surface area (Å²) in [6.07, 6.45) is 0. The van der Waals surface area contributed by atoms with Gasteiger partial charge < -0.3 is 15.0 Å². The number of anilines is 2. The van der Waals surface area contributed by atoms with Crippen LogP contribution in [0.15, 0.2) is 52.9 Å². The smallest absolute Gasteiger partial charge is 0.233 e. The molecule has 0 spiro atoms. The van der Waals surface area contributed by atoms with Crippen LogP contribution < -0.4 is 10.1 Å². The third-order valence-corrected chi connectivity index (χ3v) is 5.78. The number of benzene rings is 2. The minimum Gasteiger partial charge on any atom is -0.497 e. The van der Waals surface area contributed by atoms with Gasteiger partial charge in [-0.2, -0.15) is 0 Å². The number of thioether (sulfide) groups is 1. The third-order valence-electron chi connectivity index (χ3n) is 3.83. The fourth-order valence-corrected chi connectivity index (χ4v) is 4.01. The van der Waals surface area contributed by atoms with E-state index in [2.05, 4.69) is 15.5 Å². The van der Waals surface area contributed by atoms with Crippen LogP contribution in [0.2, 0.25) is 0 Å². The van der Waals surface area contributed by atoms with E-state index in [1.165, 1.54) is 35.2 Å². The minimum absolute atomic E-state index is 0.0332. The van der Waals surface area contributed by atoms with Crippen molar-refractivity contribution in [2.75, 3.05) is 25.2 Å². The Morgan fingerprint density at radius 2 is 1.89 bits per heavy atom. The molecule has 6 nitrogen and oxygen atoms in total. The lowest BCUT2D eigenvalue weighted by atomic mass is 10.2. The van der Waals surface area contributed by atoms with Crippen LogP contribution in [0.4, 0.5) is 15.2 Å². The summed E-state index contributed by atoms with van der Waals surface area (Å²) >= 11 is 2.72. The second-order valence-corrected chi connectivity index (χ2v) is 8.09. The Kier molecular flexibility index (Phi) is 6.83. The maximum absolute atomic E-state index is 13.0. The zero-order valence-electron chi connectivity index (χ0n) is 15.4. The van der Waals surface area contributed by atoms with E-state index < -0.39 is 0 Å². The number of carbonyl (C=O) groups excluding carboxylic acids is 1. The Morgan fingerprint density at radius 1 is 1.18 bits per heavy atom. The van der Waals surface area contributed by atoms with Crippen LogP contribution in [0, 0.1) is 5.82 Å². The molecule has 2 aromatic carbocycles. The fraction of sp³-hybridized carbons (Fsp3) is 0.211. The van der Waals surface area contributed by atoms with Gasteiger partial charge in [-0.15, -0.1) is 10.2 Å². The summed E-state index contributed by atoms with van der Waals surface area (Å²) in [4.78, 5) is 13.9. The number of ether oxygens (including phenoxy) is 1. The van der Waals surface area contributed by atoms with Gasteiger partial charge in [-0.3, -0.25) is 4.79 Å². The van der Waals surface area contributed by atoms with E-state index in [9.17, 15) is 9.18 Å². The molecule has 0 aliphatic rings. The SMILES string of the molecule is COc1ccc(Nc2nnc(SCC(=O)N(C)Cc3ccc(F)cc3)s2)cc1. The molecule has 0 aliphatic heterocycles. The van der Waals surface area contributed by atoms with E-state index in [4.69, 9.17) is 4.74 Å². The summed E-state index contributed by atoms with van der Waals surface area (Å²) in [5.41, 5.74) is 1.76. The lowest BCUT2D eigenvalue weighted by Crippen LogP contribution is -2.27. The largest absolute Gasteiger partial charge is 0.497 e. The van der Waals surface area contributed by atoms with Crippen molar-refractivity contribution in [3.8, 4) is 5.75 Å². The zero-order valence-corrected chi connectivity index (χ0v) is 17.0. The van der Waals surface area contributed by atoms with Crippen molar-refractivity contribution in [2.24, 2.45) is 0 Å². The molecule has 0 fully saturated rings. The van der Waals surface area contributed by atoms with Crippen molar-refractivity contribution < 1.29 is 13.9 Å². The van der Waals surface area contributed by atoms with E-state index in [-0.39, 0.29) is 17.5 Å². The van der Waals surface area contributed by atoms with Crippen LogP contribution >= 0.6 is 23.1 Å². The van der Waals surface area contributed by atoms with E-state index in [1.807, 2.05) is 24.3 Å². The number of aromatic nitrogens is 2. The Bertz CT molecular complexity index is 916. The number of carbonyl (C=O) groups is 1. The first-order valence-corrected chi connectivity index (χ1v) is 10.2. The second-order valence-electron chi connectivity index (χ2n) is 5.89. The van der Waals surface area contributed by atoms with Crippen LogP contribution in [0.1, 0.15) is 5.56 Å². The summed E-state index contributed by atoms with van der Waals surface area (Å²) in [7, 11) is 3.35. The van der Waals surface area contributed by atoms with Crippen molar-refractivity contribution >= 4 is 39.8 Å². The third kappa shape index (κ3) is 5.67. The van der Waals surface area contributed by atoms with Crippen molar-refractivity contribution in [1.82, 2.24) is 15.1 Å². The topological polar surface area (TPSA) is 67.3 Å². The van der Waals surface area contributed by atoms with Gasteiger partial charge in [-0.25, -0.2) is 4.39 Å². The zero-order chi connectivity index (χ0) is 19.9. The molecule has 0 atom stereocenters. The Morgan fingerprint density at radius 3 is 2.57 bits per heavy atom. The number of nitrogens with zero attached hydrogens (tertiary/aromatic N) is 3. The molecule has 28 heavy (non-hydrogen) atoms. The molecule has 3 aromatic rings. The molecule has 0 saturated heterocycles. The average molecular weight is 419 g/mol. The molecule has 0 bridgehead atoms. The maximum Gasteiger partial charge on any atom is 0.233 e. The number of hydrogen-bond donors (Lipinski definition) is 1. The summed E-state index contributed by atoms with van der Waals surface area (Å²) in [5.74, 6) is 0.717. The molecular formula is C19H19FN4O2S2. The average Bonchev–Trinajstić information content (AvgIpc) is 3.15. The van der Waals surface area contributed by atoms with Crippen LogP contribution in [0.25, 0.3) is 0 Å². The fourth-order valence-electron chi connectivity index (χ4n) is 2.30. The second kappa shape index (κ2) is 9.52. The molecule has 1 aromatic heterocycles. The van der Waals surface area contributed by atoms with E-state index in [1.54, 1.807) is 31.2 Å². The quantitative estimate of drug-likeness (QED) is 0.554. The highest BCUT2D eigenvalue weighted by molar-refractivity contribution is 8.01. The van der Waals surface area contributed by atoms with Gasteiger partial charge in [0.25, 0.3) is 0 Å². The number of hydrogen-bond acceptors (Lipinski definition) is 7. The predicted molar refractivity (Wildman–Crippen MR) is 110 cm³/mol. The first kappa shape index (κ1) is 20.1. The summed E-state index contributed by atoms with van der Waals surface area (Å²) < 4.78 is 18.8. The molecule has 0 unspecified atom stereocenters. The van der Waals surface area contributed by atoms with Gasteiger partial charge in [0.15, 0.2) is 4.34 Å². The maximum atomic E-state index is 13.0. The lowest BCUT2D eigenvalue weighted by Gasteiger charge is -2.16. The lowest BCUT2D eigenvalue weighted by molar-refractivity contribution is -0.127. The van der Waals surface area contributed by atoms with Crippen LogP contribution in [0.5, 0.6) is 5.75 Å². The van der Waals surface area contributed by atoms with Gasteiger partial charge in [0.05, 0.1) is 12.9 Å². The molecule has 146 valence electrons. The normalized spacial score (nSPS) is 10.5. The van der Waals surface area contributed by atoms with E-state index in [0.29, 0.717) is 16.0 Å². The highest BCUT2D eigenvalue weighted by Crippen LogP contribution is 2.28. The highest BCUT2D eigenvalue weighted by Gasteiger charge is 2.12. The van der Waals surface area contributed by atoms with Crippen molar-refractivity contribution in [3.05, 3.63) is 59.9 Å². The highest BCUT2D eigenvalue weighted by atomic mass is 32.2. The number of halogens is 1.